The normalized spacial score (nSPS) is 12.2. The molecule has 1 aliphatic rings. The van der Waals surface area contributed by atoms with Gasteiger partial charge in [0.2, 0.25) is 0 Å². The molecule has 0 atom stereocenters. The van der Waals surface area contributed by atoms with Crippen molar-refractivity contribution in [3.8, 4) is 11.5 Å². The number of amides is 1. The summed E-state index contributed by atoms with van der Waals surface area (Å²) < 4.78 is 11.5. The highest BCUT2D eigenvalue weighted by molar-refractivity contribution is 9.10. The minimum atomic E-state index is -0.722. The van der Waals surface area contributed by atoms with Crippen LogP contribution in [0.4, 0.5) is 11.4 Å². The van der Waals surface area contributed by atoms with E-state index in [1.165, 1.54) is 18.2 Å². The molecule has 9 heteroatoms. The lowest BCUT2D eigenvalue weighted by Crippen LogP contribution is -2.26. The van der Waals surface area contributed by atoms with Crippen molar-refractivity contribution in [2.24, 2.45) is 0 Å². The molecule has 1 N–H and O–H groups in total. The quantitative estimate of drug-likeness (QED) is 0.318. The number of fused-ring (bicyclic) bond motifs is 2. The van der Waals surface area contributed by atoms with E-state index in [4.69, 9.17) is 9.47 Å². The lowest BCUT2D eigenvalue weighted by Gasteiger charge is -2.26. The second-order valence-corrected chi connectivity index (χ2v) is 7.54. The van der Waals surface area contributed by atoms with Crippen LogP contribution in [-0.4, -0.2) is 23.4 Å². The van der Waals surface area contributed by atoms with Gasteiger partial charge in [0.1, 0.15) is 17.4 Å². The van der Waals surface area contributed by atoms with Crippen molar-refractivity contribution in [3.05, 3.63) is 92.4 Å². The van der Waals surface area contributed by atoms with Gasteiger partial charge in [0.25, 0.3) is 11.6 Å². The van der Waals surface area contributed by atoms with Crippen LogP contribution in [0.15, 0.2) is 71.2 Å². The molecule has 0 spiro atoms. The van der Waals surface area contributed by atoms with Gasteiger partial charge in [0, 0.05) is 27.7 Å². The highest BCUT2D eigenvalue weighted by Crippen LogP contribution is 2.44. The molecule has 0 saturated heterocycles. The number of halogens is 1. The molecule has 0 radical (unpaired) electrons. The van der Waals surface area contributed by atoms with Gasteiger partial charge in [0.05, 0.1) is 10.6 Å². The van der Waals surface area contributed by atoms with Crippen LogP contribution >= 0.6 is 15.9 Å². The summed E-state index contributed by atoms with van der Waals surface area (Å²) in [6.45, 7) is -0.510. The first-order valence-electron chi connectivity index (χ1n) is 9.20. The van der Waals surface area contributed by atoms with E-state index in [0.29, 0.717) is 32.8 Å². The zero-order valence-electron chi connectivity index (χ0n) is 15.9. The predicted octanol–water partition coefficient (Wildman–Crippen LogP) is 4.78. The number of anilines is 1. The van der Waals surface area contributed by atoms with Gasteiger partial charge in [-0.25, -0.2) is 0 Å². The molecule has 0 bridgehead atoms. The van der Waals surface area contributed by atoms with Gasteiger partial charge in [-0.05, 0) is 34.1 Å². The van der Waals surface area contributed by atoms with E-state index in [2.05, 4.69) is 21.2 Å². The van der Waals surface area contributed by atoms with Crippen LogP contribution in [0, 0.1) is 10.1 Å². The van der Waals surface area contributed by atoms with Gasteiger partial charge in [-0.2, -0.15) is 0 Å². The van der Waals surface area contributed by atoms with Gasteiger partial charge in [-0.1, -0.05) is 36.4 Å². The van der Waals surface area contributed by atoms with Gasteiger partial charge in [-0.3, -0.25) is 19.7 Å². The molecule has 0 aromatic heterocycles. The van der Waals surface area contributed by atoms with Crippen molar-refractivity contribution in [3.63, 3.8) is 0 Å². The number of nitrogens with zero attached hydrogens (tertiary/aromatic N) is 1. The summed E-state index contributed by atoms with van der Waals surface area (Å²) in [5.41, 5.74) is 1.52. The van der Waals surface area contributed by atoms with Gasteiger partial charge < -0.3 is 14.8 Å². The van der Waals surface area contributed by atoms with Crippen LogP contribution in [0.5, 0.6) is 11.5 Å². The maximum atomic E-state index is 12.9. The minimum Gasteiger partial charge on any atom is -0.457 e. The van der Waals surface area contributed by atoms with E-state index in [9.17, 15) is 19.7 Å². The number of hydrogen-bond acceptors (Lipinski definition) is 6. The first kappa shape index (κ1) is 20.5. The Morgan fingerprint density at radius 2 is 1.65 bits per heavy atom. The summed E-state index contributed by atoms with van der Waals surface area (Å²) in [7, 11) is 0. The zero-order chi connectivity index (χ0) is 22.0. The molecule has 1 amide bonds. The molecule has 0 aliphatic carbocycles. The average molecular weight is 483 g/mol. The second kappa shape index (κ2) is 8.57. The van der Waals surface area contributed by atoms with E-state index < -0.39 is 29.3 Å². The van der Waals surface area contributed by atoms with Crippen molar-refractivity contribution in [2.45, 2.75) is 5.92 Å². The number of benzene rings is 3. The Morgan fingerprint density at radius 3 is 2.23 bits per heavy atom. The van der Waals surface area contributed by atoms with E-state index in [1.807, 2.05) is 12.1 Å². The number of rotatable bonds is 5. The summed E-state index contributed by atoms with van der Waals surface area (Å²) in [6, 6.07) is 18.3. The Bertz CT molecular complexity index is 1150. The number of nitro benzene ring substituents is 1. The molecule has 1 aliphatic heterocycles. The van der Waals surface area contributed by atoms with Crippen LogP contribution in [0.2, 0.25) is 0 Å². The topological polar surface area (TPSA) is 108 Å². The summed E-state index contributed by atoms with van der Waals surface area (Å²) >= 11 is 3.18. The lowest BCUT2D eigenvalue weighted by atomic mass is 9.88. The molecule has 4 rings (SSSR count). The molecule has 156 valence electrons. The number of non-ortho nitro benzene ring substituents is 1. The first-order valence-corrected chi connectivity index (χ1v) is 9.99. The SMILES string of the molecule is O=C(COC(=O)C1c2ccccc2Oc2ccccc21)Nc1ccc([N+](=O)[O-])cc1Br. The molecule has 31 heavy (non-hydrogen) atoms. The van der Waals surface area contributed by atoms with E-state index >= 15 is 0 Å². The van der Waals surface area contributed by atoms with Gasteiger partial charge in [0.15, 0.2) is 6.61 Å². The molecule has 0 saturated carbocycles. The fourth-order valence-electron chi connectivity index (χ4n) is 3.29. The second-order valence-electron chi connectivity index (χ2n) is 6.69. The summed E-state index contributed by atoms with van der Waals surface area (Å²) in [4.78, 5) is 35.5. The fourth-order valence-corrected chi connectivity index (χ4v) is 3.75. The number of nitrogens with one attached hydrogen (secondary N) is 1. The summed E-state index contributed by atoms with van der Waals surface area (Å²) in [5.74, 6) is -0.762. The Labute approximate surface area is 185 Å². The van der Waals surface area contributed by atoms with Crippen molar-refractivity contribution in [2.75, 3.05) is 11.9 Å². The predicted molar refractivity (Wildman–Crippen MR) is 115 cm³/mol. The highest BCUT2D eigenvalue weighted by atomic mass is 79.9. The largest absolute Gasteiger partial charge is 0.457 e. The highest BCUT2D eigenvalue weighted by Gasteiger charge is 2.33. The number of carbonyl (C=O) groups is 2. The minimum absolute atomic E-state index is 0.117. The lowest BCUT2D eigenvalue weighted by molar-refractivity contribution is -0.384. The molecule has 3 aromatic carbocycles. The molecule has 3 aromatic rings. The van der Waals surface area contributed by atoms with Crippen molar-refractivity contribution < 1.29 is 24.0 Å². The van der Waals surface area contributed by atoms with Crippen LogP contribution in [0.3, 0.4) is 0 Å². The molecular weight excluding hydrogens is 468 g/mol. The number of carbonyl (C=O) groups excluding carboxylic acids is 2. The average Bonchev–Trinajstić information content (AvgIpc) is 2.77. The Kier molecular flexibility index (Phi) is 5.68. The number of esters is 1. The first-order chi connectivity index (χ1) is 14.9. The summed E-state index contributed by atoms with van der Waals surface area (Å²) in [6.07, 6.45) is 0. The monoisotopic (exact) mass is 482 g/mol. The van der Waals surface area contributed by atoms with E-state index in [1.54, 1.807) is 36.4 Å². The van der Waals surface area contributed by atoms with Gasteiger partial charge >= 0.3 is 5.97 Å². The molecule has 1 heterocycles. The number of nitro groups is 1. The van der Waals surface area contributed by atoms with Crippen molar-refractivity contribution >= 4 is 39.2 Å². The number of ether oxygens (including phenoxy) is 2. The third kappa shape index (κ3) is 4.26. The molecule has 0 unspecified atom stereocenters. The Hall–Kier alpha value is -3.72. The van der Waals surface area contributed by atoms with Gasteiger partial charge in [-0.15, -0.1) is 0 Å². The number of hydrogen-bond donors (Lipinski definition) is 1. The Balaban J connectivity index is 1.47. The van der Waals surface area contributed by atoms with Crippen LogP contribution in [-0.2, 0) is 14.3 Å². The maximum Gasteiger partial charge on any atom is 0.318 e. The van der Waals surface area contributed by atoms with E-state index in [0.717, 1.165) is 0 Å². The molecule has 0 fully saturated rings. The zero-order valence-corrected chi connectivity index (χ0v) is 17.5. The molecular formula is C22H15BrN2O6. The van der Waals surface area contributed by atoms with Crippen LogP contribution in [0.25, 0.3) is 0 Å². The van der Waals surface area contributed by atoms with Crippen LogP contribution in [0.1, 0.15) is 17.0 Å². The molecule has 8 nitrogen and oxygen atoms in total. The van der Waals surface area contributed by atoms with E-state index in [-0.39, 0.29) is 5.69 Å². The third-order valence-corrected chi connectivity index (χ3v) is 5.35. The van der Waals surface area contributed by atoms with Crippen molar-refractivity contribution in [1.82, 2.24) is 0 Å². The van der Waals surface area contributed by atoms with Crippen molar-refractivity contribution in [1.29, 1.82) is 0 Å². The smallest absolute Gasteiger partial charge is 0.318 e. The number of para-hydroxylation sites is 2. The Morgan fingerprint density at radius 1 is 1.03 bits per heavy atom. The van der Waals surface area contributed by atoms with Crippen LogP contribution < -0.4 is 10.1 Å². The fraction of sp³-hybridized carbons (Fsp3) is 0.0909. The third-order valence-electron chi connectivity index (χ3n) is 4.70. The maximum absolute atomic E-state index is 12.9. The summed E-state index contributed by atoms with van der Waals surface area (Å²) in [5, 5.41) is 13.4. The standard InChI is InChI=1S/C22H15BrN2O6/c23-16-11-13(25(28)29)9-10-17(16)24-20(26)12-30-22(27)21-14-5-1-3-7-18(14)31-19-8-4-2-6-15(19)21/h1-11,21H,12H2,(H,24,26).